The van der Waals surface area contributed by atoms with Gasteiger partial charge in [-0.25, -0.2) is 0 Å². The van der Waals surface area contributed by atoms with Crippen LogP contribution < -0.4 is 15.1 Å². The first kappa shape index (κ1) is 22.9. The van der Waals surface area contributed by atoms with E-state index in [1.807, 2.05) is 43.0 Å². The number of hydrogen-bond donors (Lipinski definition) is 1. The van der Waals surface area contributed by atoms with Gasteiger partial charge in [-0.3, -0.25) is 14.2 Å². The van der Waals surface area contributed by atoms with Crippen molar-refractivity contribution < 1.29 is 4.79 Å². The number of hydrogen-bond acceptors (Lipinski definition) is 5. The lowest BCUT2D eigenvalue weighted by Crippen LogP contribution is -2.34. The molecule has 7 heteroatoms. The van der Waals surface area contributed by atoms with Crippen molar-refractivity contribution in [1.29, 1.82) is 0 Å². The topological polar surface area (TPSA) is 54.3 Å². The molecule has 1 amide bonds. The van der Waals surface area contributed by atoms with Gasteiger partial charge in [-0.05, 0) is 79.3 Å². The predicted molar refractivity (Wildman–Crippen MR) is 145 cm³/mol. The molecule has 3 aliphatic rings. The van der Waals surface area contributed by atoms with Gasteiger partial charge in [0.05, 0.1) is 5.03 Å². The highest BCUT2D eigenvalue weighted by molar-refractivity contribution is 8.00. The zero-order chi connectivity index (χ0) is 24.3. The van der Waals surface area contributed by atoms with Crippen molar-refractivity contribution in [2.45, 2.75) is 48.9 Å². The normalized spacial score (nSPS) is 26.3. The number of aryl methyl sites for hydroxylation is 1. The number of nitrogens with zero attached hydrogens (tertiary/aromatic N) is 2. The minimum Gasteiger partial charge on any atom is -0.378 e. The summed E-state index contributed by atoms with van der Waals surface area (Å²) in [5.74, 6) is 2.11. The molecule has 2 aliphatic carbocycles. The van der Waals surface area contributed by atoms with Crippen LogP contribution in [0.1, 0.15) is 41.2 Å². The van der Waals surface area contributed by atoms with Crippen LogP contribution in [0, 0.1) is 24.7 Å². The Labute approximate surface area is 214 Å². The van der Waals surface area contributed by atoms with Gasteiger partial charge in [-0.2, -0.15) is 0 Å². The molecule has 3 aromatic rings. The fourth-order valence-corrected chi connectivity index (χ4v) is 9.66. The third kappa shape index (κ3) is 4.02. The number of amides is 1. The van der Waals surface area contributed by atoms with E-state index in [1.165, 1.54) is 41.9 Å². The molecule has 2 bridgehead atoms. The van der Waals surface area contributed by atoms with Gasteiger partial charge in [0.15, 0.2) is 0 Å². The molecule has 6 rings (SSSR count). The Kier molecular flexibility index (Phi) is 5.80. The molecule has 2 saturated carbocycles. The van der Waals surface area contributed by atoms with Crippen molar-refractivity contribution in [3.05, 3.63) is 74.2 Å². The van der Waals surface area contributed by atoms with Gasteiger partial charge < -0.3 is 10.2 Å². The number of nitrogens with one attached hydrogen (secondary N) is 1. The fraction of sp³-hybridized carbons (Fsp3) is 0.429. The average Bonchev–Trinajstić information content (AvgIpc) is 3.52. The summed E-state index contributed by atoms with van der Waals surface area (Å²) in [6.45, 7) is 2.06. The Bertz CT molecular complexity index is 1330. The number of carbonyl (C=O) groups excluding carboxylic acids is 1. The lowest BCUT2D eigenvalue weighted by atomic mass is 9.75. The number of fused-ring (bicyclic) bond motifs is 6. The molecule has 1 aliphatic heterocycles. The van der Waals surface area contributed by atoms with Crippen molar-refractivity contribution in [2.24, 2.45) is 17.8 Å². The molecular formula is C28H31N3O2S2. The lowest BCUT2D eigenvalue weighted by molar-refractivity contribution is -0.116. The molecule has 0 saturated heterocycles. The highest BCUT2D eigenvalue weighted by Gasteiger charge is 2.55. The molecular weight excluding hydrogens is 474 g/mol. The van der Waals surface area contributed by atoms with E-state index in [0.717, 1.165) is 33.0 Å². The molecule has 2 heterocycles. The molecule has 35 heavy (non-hydrogen) atoms. The van der Waals surface area contributed by atoms with Crippen LogP contribution >= 0.6 is 23.1 Å². The average molecular weight is 506 g/mol. The second-order valence-corrected chi connectivity index (χ2v) is 12.7. The highest BCUT2D eigenvalue weighted by Crippen LogP contribution is 2.64. The summed E-state index contributed by atoms with van der Waals surface area (Å²) in [6.07, 6.45) is 3.91. The third-order valence-electron chi connectivity index (χ3n) is 8.06. The highest BCUT2D eigenvalue weighted by atomic mass is 32.2. The number of carbonyl (C=O) groups is 1. The summed E-state index contributed by atoms with van der Waals surface area (Å²) in [5, 5.41) is 4.53. The maximum atomic E-state index is 13.2. The first-order valence-corrected chi connectivity index (χ1v) is 14.1. The van der Waals surface area contributed by atoms with Crippen LogP contribution in [-0.2, 0) is 11.3 Å². The van der Waals surface area contributed by atoms with Gasteiger partial charge in [-0.15, -0.1) is 11.8 Å². The molecule has 0 radical (unpaired) electrons. The number of anilines is 2. The summed E-state index contributed by atoms with van der Waals surface area (Å²) in [4.78, 5) is 29.5. The number of thioether (sulfide) groups is 1. The minimum absolute atomic E-state index is 0.0240. The second-order valence-electron chi connectivity index (χ2n) is 10.5. The first-order chi connectivity index (χ1) is 16.9. The summed E-state index contributed by atoms with van der Waals surface area (Å²) in [5.41, 5.74) is 4.35. The molecule has 182 valence electrons. The van der Waals surface area contributed by atoms with Gasteiger partial charge in [0, 0.05) is 41.5 Å². The van der Waals surface area contributed by atoms with Crippen LogP contribution in [0.3, 0.4) is 0 Å². The third-order valence-corrected chi connectivity index (χ3v) is 10.9. The van der Waals surface area contributed by atoms with Crippen LogP contribution in [0.15, 0.2) is 58.4 Å². The van der Waals surface area contributed by atoms with E-state index < -0.39 is 0 Å². The van der Waals surface area contributed by atoms with Gasteiger partial charge in [0.2, 0.25) is 5.91 Å². The molecule has 5 atom stereocenters. The van der Waals surface area contributed by atoms with Crippen LogP contribution in [0.4, 0.5) is 11.4 Å². The Morgan fingerprint density at radius 1 is 1.11 bits per heavy atom. The van der Waals surface area contributed by atoms with Crippen LogP contribution in [0.2, 0.25) is 0 Å². The molecule has 0 spiro atoms. The lowest BCUT2D eigenvalue weighted by Gasteiger charge is -2.40. The van der Waals surface area contributed by atoms with E-state index in [2.05, 4.69) is 48.6 Å². The van der Waals surface area contributed by atoms with Crippen LogP contribution in [-0.4, -0.2) is 29.8 Å². The number of benzene rings is 2. The Hall–Kier alpha value is -2.51. The van der Waals surface area contributed by atoms with Gasteiger partial charge in [-0.1, -0.05) is 35.6 Å². The smallest absolute Gasteiger partial charge is 0.308 e. The molecule has 1 N–H and O–H groups in total. The maximum Gasteiger partial charge on any atom is 0.308 e. The second kappa shape index (κ2) is 8.86. The van der Waals surface area contributed by atoms with E-state index >= 15 is 0 Å². The van der Waals surface area contributed by atoms with E-state index in [0.29, 0.717) is 11.2 Å². The fourth-order valence-electron chi connectivity index (χ4n) is 6.51. The largest absolute Gasteiger partial charge is 0.378 e. The van der Waals surface area contributed by atoms with Crippen molar-refractivity contribution in [3.63, 3.8) is 0 Å². The number of rotatable bonds is 5. The molecule has 2 aromatic carbocycles. The molecule has 1 aromatic heterocycles. The Morgan fingerprint density at radius 2 is 1.89 bits per heavy atom. The zero-order valence-corrected chi connectivity index (χ0v) is 22.0. The maximum absolute atomic E-state index is 13.2. The Balaban J connectivity index is 1.36. The predicted octanol–water partition coefficient (Wildman–Crippen LogP) is 5.58. The van der Waals surface area contributed by atoms with Crippen molar-refractivity contribution in [1.82, 2.24) is 4.57 Å². The number of aromatic nitrogens is 1. The summed E-state index contributed by atoms with van der Waals surface area (Å²) >= 11 is 3.23. The summed E-state index contributed by atoms with van der Waals surface area (Å²) in [7, 11) is 4.12. The van der Waals surface area contributed by atoms with E-state index in [1.54, 1.807) is 4.57 Å². The first-order valence-electron chi connectivity index (χ1n) is 12.4. The quantitative estimate of drug-likeness (QED) is 0.492. The zero-order valence-electron chi connectivity index (χ0n) is 20.4. The van der Waals surface area contributed by atoms with Crippen LogP contribution in [0.25, 0.3) is 0 Å². The van der Waals surface area contributed by atoms with E-state index in [-0.39, 0.29) is 23.2 Å². The van der Waals surface area contributed by atoms with Gasteiger partial charge >= 0.3 is 4.87 Å². The summed E-state index contributed by atoms with van der Waals surface area (Å²) in [6, 6.07) is 16.7. The minimum atomic E-state index is -0.152. The summed E-state index contributed by atoms with van der Waals surface area (Å²) < 4.78 is 1.74. The van der Waals surface area contributed by atoms with E-state index in [4.69, 9.17) is 0 Å². The molecule has 5 nitrogen and oxygen atoms in total. The number of thiazole rings is 1. The van der Waals surface area contributed by atoms with E-state index in [9.17, 15) is 9.59 Å². The van der Waals surface area contributed by atoms with Crippen LogP contribution in [0.5, 0.6) is 0 Å². The van der Waals surface area contributed by atoms with Crippen molar-refractivity contribution >= 4 is 40.4 Å². The Morgan fingerprint density at radius 3 is 2.63 bits per heavy atom. The molecule has 2 fully saturated rings. The standard InChI is InChI=1S/C28H31N3O2S2/c1-16-5-4-6-20(13-16)29-22(32)15-31-27-26(35-28(31)33)23(17-9-11-21(12-10-17)30(2)3)24-18-7-8-19(14-18)25(24)34-27/h4-6,9-13,18-19,23-25H,7-8,14-15H2,1-3H3,(H,29,32)/t18?,19?,23-,24?,25?/m0/s1. The van der Waals surface area contributed by atoms with Crippen molar-refractivity contribution in [2.75, 3.05) is 24.3 Å². The van der Waals surface area contributed by atoms with Gasteiger partial charge in [0.25, 0.3) is 0 Å². The van der Waals surface area contributed by atoms with Gasteiger partial charge in [0.1, 0.15) is 6.54 Å². The molecule has 4 unspecified atom stereocenters. The SMILES string of the molecule is Cc1cccc(NC(=O)Cn2c3c(sc2=O)[C@@H](c2ccc(N(C)C)cc2)C2C4CCC(C4)C2S3)c1. The van der Waals surface area contributed by atoms with Crippen molar-refractivity contribution in [3.8, 4) is 0 Å². The monoisotopic (exact) mass is 505 g/mol.